The molecule has 1 aliphatic rings. The fraction of sp³-hybridized carbons (Fsp3) is 0.100. The van der Waals surface area contributed by atoms with E-state index in [2.05, 4.69) is 159 Å². The third-order valence-corrected chi connectivity index (χ3v) is 9.06. The molecule has 0 atom stereocenters. The Morgan fingerprint density at radius 2 is 1.00 bits per heavy atom. The normalized spacial score (nSPS) is 13.9. The van der Waals surface area contributed by atoms with Gasteiger partial charge >= 0.3 is 0 Å². The number of aryl methyl sites for hydroxylation is 1. The van der Waals surface area contributed by atoms with E-state index in [0.717, 1.165) is 0 Å². The van der Waals surface area contributed by atoms with Crippen LogP contribution in [0.3, 0.4) is 0 Å². The first-order valence-electron chi connectivity index (χ1n) is 14.5. The highest BCUT2D eigenvalue weighted by Crippen LogP contribution is 2.56. The van der Waals surface area contributed by atoms with Crippen molar-refractivity contribution in [3.63, 3.8) is 0 Å². The summed E-state index contributed by atoms with van der Waals surface area (Å²) in [5, 5.41) is 7.62. The molecule has 196 valence electrons. The van der Waals surface area contributed by atoms with Crippen LogP contribution in [0.5, 0.6) is 0 Å². The highest BCUT2D eigenvalue weighted by Gasteiger charge is 2.38. The molecular formula is C40H31N. The number of fused-ring (bicyclic) bond motifs is 6. The fourth-order valence-electron chi connectivity index (χ4n) is 7.01. The lowest BCUT2D eigenvalue weighted by Crippen LogP contribution is -2.30. The third kappa shape index (κ3) is 3.49. The summed E-state index contributed by atoms with van der Waals surface area (Å²) >= 11 is 0. The van der Waals surface area contributed by atoms with Crippen LogP contribution >= 0.6 is 0 Å². The van der Waals surface area contributed by atoms with E-state index >= 15 is 0 Å². The number of hydrogen-bond donors (Lipinski definition) is 0. The number of benzene rings is 7. The summed E-state index contributed by atoms with van der Waals surface area (Å²) in [6.07, 6.45) is 0. The predicted octanol–water partition coefficient (Wildman–Crippen LogP) is 11.2. The molecule has 8 rings (SSSR count). The van der Waals surface area contributed by atoms with Crippen LogP contribution < -0.4 is 4.90 Å². The van der Waals surface area contributed by atoms with Gasteiger partial charge in [-0.3, -0.25) is 0 Å². The minimum Gasteiger partial charge on any atom is -0.309 e. The molecule has 7 aromatic carbocycles. The molecule has 0 aliphatic carbocycles. The van der Waals surface area contributed by atoms with Crippen molar-refractivity contribution in [2.24, 2.45) is 0 Å². The van der Waals surface area contributed by atoms with E-state index < -0.39 is 0 Å². The minimum atomic E-state index is -0.118. The number of nitrogens with zero attached hydrogens (tertiary/aromatic N) is 1. The van der Waals surface area contributed by atoms with Crippen molar-refractivity contribution in [2.75, 3.05) is 4.90 Å². The van der Waals surface area contributed by atoms with Gasteiger partial charge in [0.1, 0.15) is 0 Å². The molecular weight excluding hydrogens is 494 g/mol. The Bertz CT molecular complexity index is 2080. The lowest BCUT2D eigenvalue weighted by molar-refractivity contribution is 0.632. The SMILES string of the molecule is Cc1ccc(-c2c(N3c4ccccc4C(C)(C)c4ccccc43)c3cc4ccccc4cc3c3ccccc23)cc1. The highest BCUT2D eigenvalue weighted by molar-refractivity contribution is 6.25. The Morgan fingerprint density at radius 1 is 0.488 bits per heavy atom. The van der Waals surface area contributed by atoms with Gasteiger partial charge in [0.05, 0.1) is 17.1 Å². The van der Waals surface area contributed by atoms with Gasteiger partial charge in [0, 0.05) is 16.4 Å². The number of para-hydroxylation sites is 2. The number of anilines is 3. The van der Waals surface area contributed by atoms with Gasteiger partial charge in [-0.15, -0.1) is 0 Å². The molecule has 1 aliphatic heterocycles. The Balaban J connectivity index is 1.62. The van der Waals surface area contributed by atoms with E-state index in [4.69, 9.17) is 0 Å². The van der Waals surface area contributed by atoms with Gasteiger partial charge in [-0.1, -0.05) is 129 Å². The molecule has 41 heavy (non-hydrogen) atoms. The van der Waals surface area contributed by atoms with Crippen LogP contribution in [0.15, 0.2) is 133 Å². The van der Waals surface area contributed by atoms with Gasteiger partial charge in [-0.25, -0.2) is 0 Å². The molecule has 1 heterocycles. The van der Waals surface area contributed by atoms with E-state index in [1.807, 2.05) is 0 Å². The van der Waals surface area contributed by atoms with Crippen molar-refractivity contribution in [1.29, 1.82) is 0 Å². The zero-order valence-corrected chi connectivity index (χ0v) is 23.6. The minimum absolute atomic E-state index is 0.118. The maximum atomic E-state index is 2.55. The Morgan fingerprint density at radius 3 is 1.63 bits per heavy atom. The zero-order valence-electron chi connectivity index (χ0n) is 23.6. The van der Waals surface area contributed by atoms with Crippen LogP contribution in [0.1, 0.15) is 30.5 Å². The lowest BCUT2D eigenvalue weighted by atomic mass is 9.73. The van der Waals surface area contributed by atoms with Crippen molar-refractivity contribution in [2.45, 2.75) is 26.2 Å². The quantitative estimate of drug-likeness (QED) is 0.160. The van der Waals surface area contributed by atoms with E-state index in [1.54, 1.807) is 0 Å². The molecule has 0 radical (unpaired) electrons. The summed E-state index contributed by atoms with van der Waals surface area (Å²) in [4.78, 5) is 2.55. The van der Waals surface area contributed by atoms with Crippen LogP contribution in [-0.4, -0.2) is 0 Å². The second-order valence-corrected chi connectivity index (χ2v) is 11.9. The first-order chi connectivity index (χ1) is 20.0. The summed E-state index contributed by atoms with van der Waals surface area (Å²) in [6, 6.07) is 49.5. The molecule has 0 saturated heterocycles. The summed E-state index contributed by atoms with van der Waals surface area (Å²) in [7, 11) is 0. The molecule has 7 aromatic rings. The van der Waals surface area contributed by atoms with E-state index in [9.17, 15) is 0 Å². The molecule has 0 N–H and O–H groups in total. The van der Waals surface area contributed by atoms with E-state index in [1.165, 1.54) is 77.2 Å². The Labute approximate surface area is 241 Å². The first kappa shape index (κ1) is 24.0. The molecule has 0 amide bonds. The average molecular weight is 526 g/mol. The smallest absolute Gasteiger partial charge is 0.0625 e. The Hall–Kier alpha value is -4.88. The van der Waals surface area contributed by atoms with Crippen LogP contribution in [-0.2, 0) is 5.41 Å². The van der Waals surface area contributed by atoms with Crippen LogP contribution in [0.2, 0.25) is 0 Å². The number of hydrogen-bond acceptors (Lipinski definition) is 1. The molecule has 0 saturated carbocycles. The molecule has 0 unspecified atom stereocenters. The molecule has 0 aromatic heterocycles. The van der Waals surface area contributed by atoms with Gasteiger partial charge in [-0.2, -0.15) is 0 Å². The lowest BCUT2D eigenvalue weighted by Gasteiger charge is -2.43. The summed E-state index contributed by atoms with van der Waals surface area (Å²) in [6.45, 7) is 6.87. The Kier molecular flexibility index (Phi) is 5.15. The van der Waals surface area contributed by atoms with E-state index in [-0.39, 0.29) is 5.41 Å². The fourth-order valence-corrected chi connectivity index (χ4v) is 7.01. The average Bonchev–Trinajstić information content (AvgIpc) is 3.01. The summed E-state index contributed by atoms with van der Waals surface area (Å²) in [5.74, 6) is 0. The van der Waals surface area contributed by atoms with Gasteiger partial charge in [-0.05, 0) is 74.8 Å². The topological polar surface area (TPSA) is 3.24 Å². The number of rotatable bonds is 2. The van der Waals surface area contributed by atoms with Gasteiger partial charge in [0.15, 0.2) is 0 Å². The van der Waals surface area contributed by atoms with Crippen molar-refractivity contribution >= 4 is 49.4 Å². The summed E-state index contributed by atoms with van der Waals surface area (Å²) in [5.41, 5.74) is 10.1. The van der Waals surface area contributed by atoms with Gasteiger partial charge < -0.3 is 4.90 Å². The van der Waals surface area contributed by atoms with Crippen molar-refractivity contribution in [3.05, 3.63) is 150 Å². The maximum absolute atomic E-state index is 2.55. The van der Waals surface area contributed by atoms with Crippen molar-refractivity contribution < 1.29 is 0 Å². The summed E-state index contributed by atoms with van der Waals surface area (Å²) < 4.78 is 0. The standard InChI is InChI=1S/C40H31N/c1-26-20-22-27(23-21-26)38-31-15-7-6-14-30(31)32-24-28-12-4-5-13-29(28)25-33(32)39(38)41-36-18-10-8-16-34(36)40(2,3)35-17-9-11-19-37(35)41/h4-25H,1-3H3. The van der Waals surface area contributed by atoms with Crippen LogP contribution in [0, 0.1) is 6.92 Å². The van der Waals surface area contributed by atoms with Crippen LogP contribution in [0.25, 0.3) is 43.4 Å². The van der Waals surface area contributed by atoms with Crippen molar-refractivity contribution in [1.82, 2.24) is 0 Å². The molecule has 0 spiro atoms. The second-order valence-electron chi connectivity index (χ2n) is 11.9. The molecule has 1 nitrogen and oxygen atoms in total. The molecule has 0 fully saturated rings. The highest BCUT2D eigenvalue weighted by atomic mass is 15.2. The molecule has 1 heteroatoms. The van der Waals surface area contributed by atoms with Gasteiger partial charge in [0.2, 0.25) is 0 Å². The van der Waals surface area contributed by atoms with Gasteiger partial charge in [0.25, 0.3) is 0 Å². The first-order valence-corrected chi connectivity index (χ1v) is 14.5. The largest absolute Gasteiger partial charge is 0.309 e. The van der Waals surface area contributed by atoms with Crippen molar-refractivity contribution in [3.8, 4) is 11.1 Å². The maximum Gasteiger partial charge on any atom is 0.0625 e. The third-order valence-electron chi connectivity index (χ3n) is 9.06. The predicted molar refractivity (Wildman–Crippen MR) is 176 cm³/mol. The second kappa shape index (κ2) is 8.81. The zero-order chi connectivity index (χ0) is 27.7. The van der Waals surface area contributed by atoms with E-state index in [0.29, 0.717) is 0 Å². The van der Waals surface area contributed by atoms with Crippen LogP contribution in [0.4, 0.5) is 17.1 Å². The molecule has 0 bridgehead atoms. The monoisotopic (exact) mass is 525 g/mol.